The molecule has 2 aliphatic rings. The van der Waals surface area contributed by atoms with Crippen LogP contribution in [-0.2, 0) is 11.3 Å². The molecule has 0 aliphatic carbocycles. The van der Waals surface area contributed by atoms with Crippen LogP contribution in [0.25, 0.3) is 5.69 Å². The van der Waals surface area contributed by atoms with E-state index < -0.39 is 0 Å². The predicted octanol–water partition coefficient (Wildman–Crippen LogP) is 1.71. The fraction of sp³-hybridized carbons (Fsp3) is 0.526. The van der Waals surface area contributed by atoms with Gasteiger partial charge in [-0.15, -0.1) is 0 Å². The number of aliphatic hydroxyl groups is 1. The molecule has 2 fully saturated rings. The second-order valence-electron chi connectivity index (χ2n) is 7.14. The minimum absolute atomic E-state index is 0.101. The van der Waals surface area contributed by atoms with Crippen LogP contribution in [0.2, 0.25) is 0 Å². The minimum Gasteiger partial charge on any atom is -0.497 e. The van der Waals surface area contributed by atoms with E-state index in [4.69, 9.17) is 9.47 Å². The number of nitrogens with zero attached hydrogens (tertiary/aromatic N) is 3. The Labute approximate surface area is 148 Å². The molecule has 3 heterocycles. The summed E-state index contributed by atoms with van der Waals surface area (Å²) in [6.07, 6.45) is 4.86. The first-order chi connectivity index (χ1) is 12.2. The molecule has 2 aromatic rings. The van der Waals surface area contributed by atoms with Gasteiger partial charge in [0.25, 0.3) is 0 Å². The van der Waals surface area contributed by atoms with E-state index in [1.807, 2.05) is 36.7 Å². The zero-order chi connectivity index (χ0) is 17.3. The first-order valence-electron chi connectivity index (χ1n) is 8.82. The molecule has 2 aliphatic heterocycles. The molecular formula is C19H25N3O3. The lowest BCUT2D eigenvalue weighted by atomic mass is 9.76. The van der Waals surface area contributed by atoms with Gasteiger partial charge in [-0.1, -0.05) is 0 Å². The molecule has 0 unspecified atom stereocenters. The topological polar surface area (TPSA) is 59.8 Å². The van der Waals surface area contributed by atoms with Crippen molar-refractivity contribution in [2.75, 3.05) is 40.0 Å². The molecule has 0 amide bonds. The number of methoxy groups -OCH3 is 1. The summed E-state index contributed by atoms with van der Waals surface area (Å²) >= 11 is 0. The highest BCUT2D eigenvalue weighted by Gasteiger charge is 2.48. The summed E-state index contributed by atoms with van der Waals surface area (Å²) in [7, 11) is 1.67. The monoisotopic (exact) mass is 343 g/mol. The lowest BCUT2D eigenvalue weighted by Crippen LogP contribution is -2.42. The third-order valence-corrected chi connectivity index (χ3v) is 5.63. The van der Waals surface area contributed by atoms with Gasteiger partial charge in [-0.3, -0.25) is 4.90 Å². The van der Waals surface area contributed by atoms with Crippen LogP contribution in [0.1, 0.15) is 12.2 Å². The molecule has 0 bridgehead atoms. The normalized spacial score (nSPS) is 26.6. The fourth-order valence-corrected chi connectivity index (χ4v) is 4.18. The average Bonchev–Trinajstić information content (AvgIpc) is 3.26. The van der Waals surface area contributed by atoms with Gasteiger partial charge in [-0.05, 0) is 36.6 Å². The Balaban J connectivity index is 1.51. The Morgan fingerprint density at radius 1 is 1.36 bits per heavy atom. The maximum Gasteiger partial charge on any atom is 0.127 e. The molecule has 6 heteroatoms. The van der Waals surface area contributed by atoms with E-state index in [9.17, 15) is 5.11 Å². The highest BCUT2D eigenvalue weighted by atomic mass is 16.5. The van der Waals surface area contributed by atoms with Crippen molar-refractivity contribution in [2.45, 2.75) is 13.0 Å². The van der Waals surface area contributed by atoms with E-state index in [1.54, 1.807) is 7.11 Å². The second-order valence-corrected chi connectivity index (χ2v) is 7.14. The van der Waals surface area contributed by atoms with Gasteiger partial charge in [0.15, 0.2) is 0 Å². The van der Waals surface area contributed by atoms with Crippen LogP contribution in [-0.4, -0.2) is 59.6 Å². The summed E-state index contributed by atoms with van der Waals surface area (Å²) in [5, 5.41) is 9.94. The summed E-state index contributed by atoms with van der Waals surface area (Å²) in [5.41, 5.74) is 0.973. The number of likely N-dealkylation sites (tertiary alicyclic amines) is 1. The van der Waals surface area contributed by atoms with E-state index in [0.717, 1.165) is 49.9 Å². The molecule has 0 saturated carbocycles. The van der Waals surface area contributed by atoms with Crippen LogP contribution in [0.4, 0.5) is 0 Å². The van der Waals surface area contributed by atoms with Gasteiger partial charge < -0.3 is 19.1 Å². The molecule has 2 saturated heterocycles. The van der Waals surface area contributed by atoms with Crippen molar-refractivity contribution in [3.63, 3.8) is 0 Å². The van der Waals surface area contributed by atoms with Gasteiger partial charge in [0.05, 0.1) is 26.9 Å². The number of imidazole rings is 1. The van der Waals surface area contributed by atoms with Crippen molar-refractivity contribution in [3.8, 4) is 11.4 Å². The fourth-order valence-electron chi connectivity index (χ4n) is 4.18. The highest BCUT2D eigenvalue weighted by molar-refractivity contribution is 5.38. The van der Waals surface area contributed by atoms with Crippen LogP contribution in [0.15, 0.2) is 36.7 Å². The summed E-state index contributed by atoms with van der Waals surface area (Å²) in [6, 6.07) is 8.00. The summed E-state index contributed by atoms with van der Waals surface area (Å²) < 4.78 is 13.0. The van der Waals surface area contributed by atoms with Crippen LogP contribution < -0.4 is 4.74 Å². The van der Waals surface area contributed by atoms with Crippen LogP contribution in [0, 0.1) is 11.3 Å². The Bertz CT molecular complexity index is 715. The number of aliphatic hydroxyl groups excluding tert-OH is 1. The standard InChI is InChI=1S/C19H25N3O3/c1-24-17-4-2-16(3-5-17)22-8-7-20-18(22)11-21-10-15-6-9-25-14-19(15,12-21)13-23/h2-5,7-8,15,23H,6,9-14H2,1H3/t15-,19+/m0/s1. The number of ether oxygens (including phenoxy) is 2. The van der Waals surface area contributed by atoms with Crippen molar-refractivity contribution in [1.82, 2.24) is 14.5 Å². The molecule has 1 aromatic carbocycles. The van der Waals surface area contributed by atoms with Gasteiger partial charge in [0.2, 0.25) is 0 Å². The Kier molecular flexibility index (Phi) is 4.50. The van der Waals surface area contributed by atoms with Crippen molar-refractivity contribution >= 4 is 0 Å². The van der Waals surface area contributed by atoms with E-state index in [0.29, 0.717) is 12.5 Å². The SMILES string of the molecule is COc1ccc(-n2ccnc2CN2C[C@@H]3CCOC[C@]3(CO)C2)cc1. The summed E-state index contributed by atoms with van der Waals surface area (Å²) in [5.74, 6) is 2.37. The molecule has 25 heavy (non-hydrogen) atoms. The van der Waals surface area contributed by atoms with Crippen molar-refractivity contribution < 1.29 is 14.6 Å². The molecule has 1 aromatic heterocycles. The average molecular weight is 343 g/mol. The molecule has 2 atom stereocenters. The van der Waals surface area contributed by atoms with Crippen LogP contribution in [0.3, 0.4) is 0 Å². The highest BCUT2D eigenvalue weighted by Crippen LogP contribution is 2.41. The zero-order valence-electron chi connectivity index (χ0n) is 14.6. The van der Waals surface area contributed by atoms with Crippen molar-refractivity contribution in [3.05, 3.63) is 42.5 Å². The number of rotatable bonds is 5. The van der Waals surface area contributed by atoms with E-state index in [1.165, 1.54) is 0 Å². The molecule has 0 radical (unpaired) electrons. The Morgan fingerprint density at radius 3 is 2.92 bits per heavy atom. The largest absolute Gasteiger partial charge is 0.497 e. The van der Waals surface area contributed by atoms with Crippen LogP contribution >= 0.6 is 0 Å². The number of aromatic nitrogens is 2. The predicted molar refractivity (Wildman–Crippen MR) is 93.8 cm³/mol. The van der Waals surface area contributed by atoms with E-state index in [2.05, 4.69) is 14.5 Å². The lowest BCUT2D eigenvalue weighted by molar-refractivity contribution is -0.0561. The van der Waals surface area contributed by atoms with Gasteiger partial charge >= 0.3 is 0 Å². The zero-order valence-corrected chi connectivity index (χ0v) is 14.6. The van der Waals surface area contributed by atoms with Crippen LogP contribution in [0.5, 0.6) is 5.75 Å². The number of benzene rings is 1. The summed E-state index contributed by atoms with van der Waals surface area (Å²) in [4.78, 5) is 6.96. The van der Waals surface area contributed by atoms with Gasteiger partial charge in [0.1, 0.15) is 11.6 Å². The van der Waals surface area contributed by atoms with E-state index >= 15 is 0 Å². The third-order valence-electron chi connectivity index (χ3n) is 5.63. The summed E-state index contributed by atoms with van der Waals surface area (Å²) in [6.45, 7) is 4.31. The number of hydrogen-bond acceptors (Lipinski definition) is 5. The quantitative estimate of drug-likeness (QED) is 0.896. The molecule has 1 N–H and O–H groups in total. The van der Waals surface area contributed by atoms with Crippen molar-refractivity contribution in [2.24, 2.45) is 11.3 Å². The Hall–Kier alpha value is -1.89. The van der Waals surface area contributed by atoms with Gasteiger partial charge in [-0.25, -0.2) is 4.98 Å². The maximum absolute atomic E-state index is 9.94. The molecule has 4 rings (SSSR count). The Morgan fingerprint density at radius 2 is 2.20 bits per heavy atom. The maximum atomic E-state index is 9.94. The second kappa shape index (κ2) is 6.78. The first kappa shape index (κ1) is 16.6. The minimum atomic E-state index is -0.101. The number of fused-ring (bicyclic) bond motifs is 1. The van der Waals surface area contributed by atoms with Crippen molar-refractivity contribution in [1.29, 1.82) is 0 Å². The smallest absolute Gasteiger partial charge is 0.127 e. The van der Waals surface area contributed by atoms with Gasteiger partial charge in [-0.2, -0.15) is 0 Å². The first-order valence-corrected chi connectivity index (χ1v) is 8.82. The van der Waals surface area contributed by atoms with Gasteiger partial charge in [0, 0.05) is 43.2 Å². The molecular weight excluding hydrogens is 318 g/mol. The molecule has 6 nitrogen and oxygen atoms in total. The number of hydrogen-bond donors (Lipinski definition) is 1. The molecule has 134 valence electrons. The third kappa shape index (κ3) is 3.05. The lowest BCUT2D eigenvalue weighted by Gasteiger charge is -2.36. The van der Waals surface area contributed by atoms with E-state index in [-0.39, 0.29) is 12.0 Å². The molecule has 0 spiro atoms.